The molecular formula is C20H19ClN4O2S2. The Balaban J connectivity index is 1.52. The van der Waals surface area contributed by atoms with Crippen LogP contribution in [0.25, 0.3) is 0 Å². The highest BCUT2D eigenvalue weighted by molar-refractivity contribution is 8.01. The molecule has 2 aromatic carbocycles. The van der Waals surface area contributed by atoms with Gasteiger partial charge >= 0.3 is 0 Å². The molecule has 1 aliphatic rings. The molecule has 9 heteroatoms. The monoisotopic (exact) mass is 446 g/mol. The van der Waals surface area contributed by atoms with Crippen LogP contribution in [0.3, 0.4) is 0 Å². The normalized spacial score (nSPS) is 15.1. The number of halogens is 1. The zero-order valence-corrected chi connectivity index (χ0v) is 17.8. The number of nitrogens with zero attached hydrogens (tertiary/aromatic N) is 3. The van der Waals surface area contributed by atoms with E-state index in [0.717, 1.165) is 15.6 Å². The van der Waals surface area contributed by atoms with Gasteiger partial charge in [0.25, 0.3) is 0 Å². The molecule has 29 heavy (non-hydrogen) atoms. The number of benzene rings is 2. The van der Waals surface area contributed by atoms with Crippen molar-refractivity contribution in [1.82, 2.24) is 15.1 Å². The molecule has 1 aliphatic heterocycles. The Morgan fingerprint density at radius 1 is 1.14 bits per heavy atom. The number of carbonyl (C=O) groups is 1. The number of carbonyl (C=O) groups excluding carboxylic acids is 1. The largest absolute Gasteiger partial charge is 0.378 e. The lowest BCUT2D eigenvalue weighted by molar-refractivity contribution is -0.134. The molecule has 0 saturated carbocycles. The molecule has 0 bridgehead atoms. The van der Waals surface area contributed by atoms with Gasteiger partial charge in [0.2, 0.25) is 11.0 Å². The maximum Gasteiger partial charge on any atom is 0.240 e. The van der Waals surface area contributed by atoms with Crippen LogP contribution in [0.2, 0.25) is 5.02 Å². The Hall–Kier alpha value is -2.13. The van der Waals surface area contributed by atoms with Crippen LogP contribution in [-0.2, 0) is 9.53 Å². The van der Waals surface area contributed by atoms with Crippen LogP contribution in [0.15, 0.2) is 58.9 Å². The number of anilines is 2. The van der Waals surface area contributed by atoms with Gasteiger partial charge in [-0.25, -0.2) is 0 Å². The zero-order chi connectivity index (χ0) is 20.1. The first-order chi connectivity index (χ1) is 14.2. The van der Waals surface area contributed by atoms with Gasteiger partial charge in [-0.15, -0.1) is 10.2 Å². The summed E-state index contributed by atoms with van der Waals surface area (Å²) in [6.45, 7) is 2.37. The van der Waals surface area contributed by atoms with E-state index in [1.54, 1.807) is 0 Å². The third-order valence-corrected chi connectivity index (χ3v) is 6.75. The Labute approximate surface area is 182 Å². The summed E-state index contributed by atoms with van der Waals surface area (Å²) in [5.41, 5.74) is 1.79. The second-order valence-electron chi connectivity index (χ2n) is 6.35. The predicted octanol–water partition coefficient (Wildman–Crippen LogP) is 4.63. The second-order valence-corrected chi connectivity index (χ2v) is 9.12. The fraction of sp³-hybridized carbons (Fsp3) is 0.250. The number of hydrogen-bond donors (Lipinski definition) is 1. The molecule has 2 heterocycles. The maximum absolute atomic E-state index is 13.2. The summed E-state index contributed by atoms with van der Waals surface area (Å²) in [5, 5.41) is 12.6. The molecule has 1 aromatic heterocycles. The lowest BCUT2D eigenvalue weighted by atomic mass is 10.1. The summed E-state index contributed by atoms with van der Waals surface area (Å²) < 4.78 is 6.11. The molecule has 4 rings (SSSR count). The molecular weight excluding hydrogens is 428 g/mol. The van der Waals surface area contributed by atoms with Gasteiger partial charge < -0.3 is 15.0 Å². The van der Waals surface area contributed by atoms with E-state index < -0.39 is 0 Å². The number of ether oxygens (including phenoxy) is 1. The van der Waals surface area contributed by atoms with Gasteiger partial charge in [0.15, 0.2) is 4.34 Å². The van der Waals surface area contributed by atoms with Crippen molar-refractivity contribution in [3.8, 4) is 0 Å². The molecule has 0 unspecified atom stereocenters. The molecule has 1 fully saturated rings. The smallest absolute Gasteiger partial charge is 0.240 e. The van der Waals surface area contributed by atoms with Crippen molar-refractivity contribution in [2.45, 2.75) is 9.59 Å². The highest BCUT2D eigenvalue weighted by Gasteiger charge is 2.29. The topological polar surface area (TPSA) is 67.4 Å². The number of hydrogen-bond acceptors (Lipinski definition) is 7. The Kier molecular flexibility index (Phi) is 6.66. The number of nitrogens with one attached hydrogen (secondary N) is 1. The van der Waals surface area contributed by atoms with Crippen molar-refractivity contribution in [2.24, 2.45) is 0 Å². The van der Waals surface area contributed by atoms with E-state index in [1.165, 1.54) is 23.1 Å². The highest BCUT2D eigenvalue weighted by Crippen LogP contribution is 2.39. The van der Waals surface area contributed by atoms with Gasteiger partial charge in [-0.1, -0.05) is 71.1 Å². The average Bonchev–Trinajstić information content (AvgIpc) is 3.20. The predicted molar refractivity (Wildman–Crippen MR) is 117 cm³/mol. The molecule has 0 aliphatic carbocycles. The van der Waals surface area contributed by atoms with Crippen LogP contribution < -0.4 is 5.32 Å². The summed E-state index contributed by atoms with van der Waals surface area (Å²) in [6, 6.07) is 17.2. The van der Waals surface area contributed by atoms with Gasteiger partial charge in [-0.05, 0) is 23.8 Å². The first-order valence-corrected chi connectivity index (χ1v) is 11.2. The van der Waals surface area contributed by atoms with Gasteiger partial charge in [0, 0.05) is 23.8 Å². The van der Waals surface area contributed by atoms with Crippen molar-refractivity contribution < 1.29 is 9.53 Å². The summed E-state index contributed by atoms with van der Waals surface area (Å²) in [4.78, 5) is 15.1. The molecule has 1 amide bonds. The van der Waals surface area contributed by atoms with E-state index in [0.29, 0.717) is 36.5 Å². The molecule has 0 radical (unpaired) electrons. The minimum Gasteiger partial charge on any atom is -0.378 e. The van der Waals surface area contributed by atoms with Crippen LogP contribution in [-0.4, -0.2) is 47.3 Å². The molecule has 1 atom stereocenters. The van der Waals surface area contributed by atoms with E-state index in [9.17, 15) is 4.79 Å². The van der Waals surface area contributed by atoms with Crippen molar-refractivity contribution >= 4 is 51.4 Å². The lowest BCUT2D eigenvalue weighted by Crippen LogP contribution is -2.42. The average molecular weight is 447 g/mol. The summed E-state index contributed by atoms with van der Waals surface area (Å²) in [7, 11) is 0. The molecule has 0 spiro atoms. The van der Waals surface area contributed by atoms with Crippen molar-refractivity contribution in [3.05, 3.63) is 65.2 Å². The fourth-order valence-electron chi connectivity index (χ4n) is 2.94. The maximum atomic E-state index is 13.2. The quantitative estimate of drug-likeness (QED) is 0.557. The first-order valence-electron chi connectivity index (χ1n) is 9.13. The molecule has 1 N–H and O–H groups in total. The third-order valence-electron chi connectivity index (χ3n) is 4.35. The van der Waals surface area contributed by atoms with Crippen LogP contribution in [0.4, 0.5) is 10.8 Å². The summed E-state index contributed by atoms with van der Waals surface area (Å²) in [6.07, 6.45) is 0. The standard InChI is InChI=1S/C20H19ClN4O2S2/c21-15-7-4-8-16(13-15)22-19-23-24-20(29-19)28-17(14-5-2-1-3-6-14)18(26)25-9-11-27-12-10-25/h1-8,13,17H,9-12H2,(H,22,23)/t17-/m1/s1. The van der Waals surface area contributed by atoms with Crippen molar-refractivity contribution in [2.75, 3.05) is 31.6 Å². The molecule has 150 valence electrons. The van der Waals surface area contributed by atoms with Gasteiger partial charge in [0.1, 0.15) is 5.25 Å². The van der Waals surface area contributed by atoms with E-state index in [4.69, 9.17) is 16.3 Å². The Bertz CT molecular complexity index is 964. The van der Waals surface area contributed by atoms with E-state index in [2.05, 4.69) is 15.5 Å². The van der Waals surface area contributed by atoms with Crippen LogP contribution in [0, 0.1) is 0 Å². The Morgan fingerprint density at radius 2 is 1.93 bits per heavy atom. The van der Waals surface area contributed by atoms with Crippen LogP contribution in [0.1, 0.15) is 10.8 Å². The van der Waals surface area contributed by atoms with Gasteiger partial charge in [0.05, 0.1) is 13.2 Å². The zero-order valence-electron chi connectivity index (χ0n) is 15.5. The fourth-order valence-corrected chi connectivity index (χ4v) is 5.18. The Morgan fingerprint density at radius 3 is 2.69 bits per heavy atom. The third kappa shape index (κ3) is 5.27. The van der Waals surface area contributed by atoms with Crippen LogP contribution in [0.5, 0.6) is 0 Å². The number of morpholine rings is 1. The molecule has 6 nitrogen and oxygen atoms in total. The minimum absolute atomic E-state index is 0.0732. The number of aromatic nitrogens is 2. The minimum atomic E-state index is -0.374. The van der Waals surface area contributed by atoms with E-state index in [1.807, 2.05) is 59.5 Å². The van der Waals surface area contributed by atoms with Crippen molar-refractivity contribution in [3.63, 3.8) is 0 Å². The summed E-state index contributed by atoms with van der Waals surface area (Å²) in [5.74, 6) is 0.0732. The number of thioether (sulfide) groups is 1. The van der Waals surface area contributed by atoms with Gasteiger partial charge in [-0.3, -0.25) is 4.79 Å². The number of rotatable bonds is 6. The second kappa shape index (κ2) is 9.58. The molecule has 1 saturated heterocycles. The van der Waals surface area contributed by atoms with Crippen molar-refractivity contribution in [1.29, 1.82) is 0 Å². The van der Waals surface area contributed by atoms with E-state index in [-0.39, 0.29) is 11.2 Å². The highest BCUT2D eigenvalue weighted by atomic mass is 35.5. The summed E-state index contributed by atoms with van der Waals surface area (Å²) >= 11 is 8.87. The lowest BCUT2D eigenvalue weighted by Gasteiger charge is -2.30. The van der Waals surface area contributed by atoms with Gasteiger partial charge in [-0.2, -0.15) is 0 Å². The van der Waals surface area contributed by atoms with E-state index >= 15 is 0 Å². The number of amides is 1. The van der Waals surface area contributed by atoms with Crippen LogP contribution >= 0.6 is 34.7 Å². The SMILES string of the molecule is O=C([C@H](Sc1nnc(Nc2cccc(Cl)c2)s1)c1ccccc1)N1CCOCC1. The molecule has 3 aromatic rings. The first kappa shape index (κ1) is 20.2.